The minimum Gasteiger partial charge on any atom is -0.330 e. The molecule has 1 aromatic rings. The highest BCUT2D eigenvalue weighted by Crippen LogP contribution is 2.12. The third-order valence-corrected chi connectivity index (χ3v) is 2.31. The number of carbonyl (C=O) groups is 1. The molecule has 0 atom stereocenters. The average Bonchev–Trinajstić information content (AvgIpc) is 2.25. The lowest BCUT2D eigenvalue weighted by Gasteiger charge is -2.05. The lowest BCUT2D eigenvalue weighted by molar-refractivity contribution is 0.0980. The van der Waals surface area contributed by atoms with E-state index in [1.807, 2.05) is 24.3 Å². The van der Waals surface area contributed by atoms with Crippen LogP contribution >= 0.6 is 0 Å². The monoisotopic (exact) mass is 191 g/mol. The molecular formula is C12H17NO. The molecule has 0 unspecified atom stereocenters. The number of hydrogen-bond acceptors (Lipinski definition) is 2. The Morgan fingerprint density at radius 3 is 2.71 bits per heavy atom. The minimum atomic E-state index is 0.216. The van der Waals surface area contributed by atoms with E-state index >= 15 is 0 Å². The van der Waals surface area contributed by atoms with Gasteiger partial charge in [-0.25, -0.2) is 0 Å². The summed E-state index contributed by atoms with van der Waals surface area (Å²) in [7, 11) is 0. The van der Waals surface area contributed by atoms with E-state index in [4.69, 9.17) is 5.73 Å². The molecule has 0 heterocycles. The van der Waals surface area contributed by atoms with Gasteiger partial charge >= 0.3 is 0 Å². The first-order valence-electron chi connectivity index (χ1n) is 5.10. The van der Waals surface area contributed by atoms with Crippen molar-refractivity contribution in [2.24, 2.45) is 5.73 Å². The molecule has 0 radical (unpaired) electrons. The molecule has 76 valence electrons. The summed E-state index contributed by atoms with van der Waals surface area (Å²) in [5.74, 6) is 0.216. The summed E-state index contributed by atoms with van der Waals surface area (Å²) < 4.78 is 0. The average molecular weight is 191 g/mol. The normalized spacial score (nSPS) is 10.1. The molecule has 14 heavy (non-hydrogen) atoms. The van der Waals surface area contributed by atoms with Crippen molar-refractivity contribution in [1.29, 1.82) is 0 Å². The van der Waals surface area contributed by atoms with Crippen molar-refractivity contribution in [3.8, 4) is 0 Å². The van der Waals surface area contributed by atoms with Crippen LogP contribution in [0.4, 0.5) is 0 Å². The van der Waals surface area contributed by atoms with Crippen LogP contribution in [0.5, 0.6) is 0 Å². The molecular weight excluding hydrogens is 174 g/mol. The third kappa shape index (κ3) is 2.67. The molecule has 2 N–H and O–H groups in total. The molecule has 2 nitrogen and oxygen atoms in total. The van der Waals surface area contributed by atoms with Gasteiger partial charge < -0.3 is 5.73 Å². The lowest BCUT2D eigenvalue weighted by Crippen LogP contribution is -2.07. The summed E-state index contributed by atoms with van der Waals surface area (Å²) in [6.45, 7) is 2.65. The van der Waals surface area contributed by atoms with Gasteiger partial charge in [-0.05, 0) is 24.9 Å². The first kappa shape index (κ1) is 10.9. The summed E-state index contributed by atoms with van der Waals surface area (Å²) in [5, 5.41) is 0. The summed E-state index contributed by atoms with van der Waals surface area (Å²) in [6, 6.07) is 7.79. The first-order valence-corrected chi connectivity index (χ1v) is 5.10. The van der Waals surface area contributed by atoms with Crippen molar-refractivity contribution in [1.82, 2.24) is 0 Å². The van der Waals surface area contributed by atoms with Crippen molar-refractivity contribution in [2.45, 2.75) is 26.2 Å². The quantitative estimate of drug-likeness (QED) is 0.725. The van der Waals surface area contributed by atoms with E-state index in [2.05, 4.69) is 6.92 Å². The van der Waals surface area contributed by atoms with Gasteiger partial charge in [0.25, 0.3) is 0 Å². The highest BCUT2D eigenvalue weighted by molar-refractivity contribution is 5.97. The Hall–Kier alpha value is -1.15. The predicted molar refractivity (Wildman–Crippen MR) is 58.4 cm³/mol. The fraction of sp³-hybridized carbons (Fsp3) is 0.417. The van der Waals surface area contributed by atoms with Crippen LogP contribution in [-0.4, -0.2) is 12.3 Å². The van der Waals surface area contributed by atoms with Gasteiger partial charge in [0.05, 0.1) is 0 Å². The van der Waals surface area contributed by atoms with E-state index in [1.54, 1.807) is 0 Å². The van der Waals surface area contributed by atoms with Gasteiger partial charge in [-0.1, -0.05) is 31.2 Å². The van der Waals surface area contributed by atoms with Gasteiger partial charge in [0.1, 0.15) is 0 Å². The smallest absolute Gasteiger partial charge is 0.163 e. The molecule has 0 aromatic heterocycles. The first-order chi connectivity index (χ1) is 6.79. The zero-order valence-corrected chi connectivity index (χ0v) is 8.62. The zero-order chi connectivity index (χ0) is 10.4. The molecule has 0 amide bonds. The number of aryl methyl sites for hydroxylation is 1. The summed E-state index contributed by atoms with van der Waals surface area (Å²) in [4.78, 5) is 11.7. The summed E-state index contributed by atoms with van der Waals surface area (Å²) in [6.07, 6.45) is 2.24. The van der Waals surface area contributed by atoms with Gasteiger partial charge in [0, 0.05) is 12.0 Å². The van der Waals surface area contributed by atoms with Gasteiger partial charge in [0.2, 0.25) is 0 Å². The van der Waals surface area contributed by atoms with Crippen molar-refractivity contribution in [2.75, 3.05) is 6.54 Å². The summed E-state index contributed by atoms with van der Waals surface area (Å²) >= 11 is 0. The molecule has 2 heteroatoms. The number of hydrogen-bond donors (Lipinski definition) is 1. The Kier molecular flexibility index (Phi) is 4.33. The SMILES string of the molecule is CCc1ccccc1C(=O)CCCN. The van der Waals surface area contributed by atoms with E-state index in [-0.39, 0.29) is 5.78 Å². The second kappa shape index (κ2) is 5.55. The number of rotatable bonds is 5. The van der Waals surface area contributed by atoms with Crippen LogP contribution in [0.3, 0.4) is 0 Å². The lowest BCUT2D eigenvalue weighted by atomic mass is 9.99. The molecule has 0 spiro atoms. The van der Waals surface area contributed by atoms with E-state index in [0.29, 0.717) is 13.0 Å². The van der Waals surface area contributed by atoms with Gasteiger partial charge in [-0.2, -0.15) is 0 Å². The maximum Gasteiger partial charge on any atom is 0.163 e. The zero-order valence-electron chi connectivity index (χ0n) is 8.62. The van der Waals surface area contributed by atoms with Gasteiger partial charge in [0.15, 0.2) is 5.78 Å². The Morgan fingerprint density at radius 2 is 2.07 bits per heavy atom. The Bertz CT molecular complexity index is 307. The fourth-order valence-electron chi connectivity index (χ4n) is 1.50. The second-order valence-corrected chi connectivity index (χ2v) is 3.33. The van der Waals surface area contributed by atoms with Crippen molar-refractivity contribution < 1.29 is 4.79 Å². The molecule has 0 aliphatic carbocycles. The Labute approximate surface area is 85.1 Å². The van der Waals surface area contributed by atoms with E-state index < -0.39 is 0 Å². The number of nitrogens with two attached hydrogens (primary N) is 1. The van der Waals surface area contributed by atoms with Crippen LogP contribution in [0.1, 0.15) is 35.7 Å². The summed E-state index contributed by atoms with van der Waals surface area (Å²) in [5.41, 5.74) is 7.37. The van der Waals surface area contributed by atoms with Gasteiger partial charge in [-0.3, -0.25) is 4.79 Å². The van der Waals surface area contributed by atoms with Gasteiger partial charge in [-0.15, -0.1) is 0 Å². The number of carbonyl (C=O) groups excluding carboxylic acids is 1. The van der Waals surface area contributed by atoms with Crippen LogP contribution < -0.4 is 5.73 Å². The molecule has 0 aliphatic rings. The van der Waals surface area contributed by atoms with Crippen LogP contribution in [-0.2, 0) is 6.42 Å². The molecule has 0 saturated heterocycles. The molecule has 1 rings (SSSR count). The van der Waals surface area contributed by atoms with Crippen molar-refractivity contribution >= 4 is 5.78 Å². The van der Waals surface area contributed by atoms with Crippen molar-refractivity contribution in [3.05, 3.63) is 35.4 Å². The Balaban J connectivity index is 2.78. The van der Waals surface area contributed by atoms with E-state index in [9.17, 15) is 4.79 Å². The number of ketones is 1. The maximum atomic E-state index is 11.7. The number of benzene rings is 1. The predicted octanol–water partition coefficient (Wildman–Crippen LogP) is 2.17. The van der Waals surface area contributed by atoms with Crippen molar-refractivity contribution in [3.63, 3.8) is 0 Å². The van der Waals surface area contributed by atoms with Crippen LogP contribution in [0, 0.1) is 0 Å². The minimum absolute atomic E-state index is 0.216. The molecule has 1 aromatic carbocycles. The second-order valence-electron chi connectivity index (χ2n) is 3.33. The topological polar surface area (TPSA) is 43.1 Å². The van der Waals surface area contributed by atoms with Crippen LogP contribution in [0.25, 0.3) is 0 Å². The molecule has 0 aliphatic heterocycles. The highest BCUT2D eigenvalue weighted by atomic mass is 16.1. The maximum absolute atomic E-state index is 11.7. The van der Waals surface area contributed by atoms with E-state index in [1.165, 1.54) is 0 Å². The van der Waals surface area contributed by atoms with Crippen LogP contribution in [0.15, 0.2) is 24.3 Å². The highest BCUT2D eigenvalue weighted by Gasteiger charge is 2.08. The third-order valence-electron chi connectivity index (χ3n) is 2.31. The Morgan fingerprint density at radius 1 is 1.36 bits per heavy atom. The number of Topliss-reactive ketones (excluding diaryl/α,β-unsaturated/α-hetero) is 1. The van der Waals surface area contributed by atoms with E-state index in [0.717, 1.165) is 24.0 Å². The molecule has 0 fully saturated rings. The van der Waals surface area contributed by atoms with Crippen LogP contribution in [0.2, 0.25) is 0 Å². The largest absolute Gasteiger partial charge is 0.330 e. The fourth-order valence-corrected chi connectivity index (χ4v) is 1.50. The molecule has 0 bridgehead atoms. The molecule has 0 saturated carbocycles. The standard InChI is InChI=1S/C12H17NO/c1-2-10-6-3-4-7-11(10)12(14)8-5-9-13/h3-4,6-7H,2,5,8-9,13H2,1H3.